The Hall–Kier alpha value is -3.47. The molecule has 1 heterocycles. The molecule has 0 fully saturated rings. The van der Waals surface area contributed by atoms with Crippen molar-refractivity contribution >= 4 is 11.8 Å². The van der Waals surface area contributed by atoms with Crippen molar-refractivity contribution < 1.29 is 9.59 Å². The lowest BCUT2D eigenvalue weighted by molar-refractivity contribution is -0.146. The molecular formula is C24H25N3O2. The third-order valence-corrected chi connectivity index (χ3v) is 4.82. The highest BCUT2D eigenvalue weighted by atomic mass is 16.2. The van der Waals surface area contributed by atoms with Gasteiger partial charge in [0.05, 0.1) is 6.04 Å². The van der Waals surface area contributed by atoms with E-state index < -0.39 is 11.8 Å². The van der Waals surface area contributed by atoms with E-state index in [9.17, 15) is 9.59 Å². The summed E-state index contributed by atoms with van der Waals surface area (Å²) >= 11 is 0. The lowest BCUT2D eigenvalue weighted by Gasteiger charge is -2.23. The highest BCUT2D eigenvalue weighted by Crippen LogP contribution is 2.21. The fraction of sp³-hybridized carbons (Fsp3) is 0.208. The summed E-state index contributed by atoms with van der Waals surface area (Å²) in [5.74, 6) is -1.11. The van der Waals surface area contributed by atoms with Crippen molar-refractivity contribution in [2.24, 2.45) is 0 Å². The highest BCUT2D eigenvalue weighted by molar-refractivity contribution is 6.35. The summed E-state index contributed by atoms with van der Waals surface area (Å²) in [6.45, 7) is 2.83. The molecule has 0 aliphatic heterocycles. The molecule has 29 heavy (non-hydrogen) atoms. The largest absolute Gasteiger partial charge is 0.337 e. The van der Waals surface area contributed by atoms with Gasteiger partial charge in [0.1, 0.15) is 0 Å². The van der Waals surface area contributed by atoms with Crippen LogP contribution in [0.5, 0.6) is 0 Å². The fourth-order valence-corrected chi connectivity index (χ4v) is 3.20. The average molecular weight is 387 g/mol. The van der Waals surface area contributed by atoms with E-state index in [0.29, 0.717) is 19.5 Å². The van der Waals surface area contributed by atoms with Crippen LogP contribution in [0.1, 0.15) is 29.7 Å². The van der Waals surface area contributed by atoms with E-state index in [2.05, 4.69) is 10.3 Å². The van der Waals surface area contributed by atoms with Crippen LogP contribution in [0.15, 0.2) is 85.2 Å². The van der Waals surface area contributed by atoms with Crippen molar-refractivity contribution in [3.05, 3.63) is 102 Å². The van der Waals surface area contributed by atoms with Crippen molar-refractivity contribution in [1.82, 2.24) is 15.2 Å². The number of pyridine rings is 1. The molecule has 1 N–H and O–H groups in total. The van der Waals surface area contributed by atoms with E-state index in [-0.39, 0.29) is 6.04 Å². The van der Waals surface area contributed by atoms with Gasteiger partial charge in [-0.05, 0) is 42.2 Å². The molecule has 2 aromatic carbocycles. The normalized spacial score (nSPS) is 10.6. The first-order chi connectivity index (χ1) is 14.2. The van der Waals surface area contributed by atoms with Gasteiger partial charge < -0.3 is 10.2 Å². The highest BCUT2D eigenvalue weighted by Gasteiger charge is 2.24. The Kier molecular flexibility index (Phi) is 7.11. The maximum atomic E-state index is 12.8. The number of carbonyl (C=O) groups excluding carboxylic acids is 2. The Morgan fingerprint density at radius 3 is 1.97 bits per heavy atom. The lowest BCUT2D eigenvalue weighted by atomic mass is 9.98. The molecule has 148 valence electrons. The van der Waals surface area contributed by atoms with Gasteiger partial charge in [-0.15, -0.1) is 0 Å². The number of carbonyl (C=O) groups is 2. The Bertz CT molecular complexity index is 875. The molecule has 0 atom stereocenters. The second-order valence-corrected chi connectivity index (χ2v) is 6.72. The van der Waals surface area contributed by atoms with Crippen LogP contribution >= 0.6 is 0 Å². The first kappa shape index (κ1) is 20.3. The molecule has 5 heteroatoms. The molecule has 0 spiro atoms. The molecule has 0 radical (unpaired) electrons. The molecule has 0 saturated carbocycles. The van der Waals surface area contributed by atoms with Crippen LogP contribution in [0.25, 0.3) is 0 Å². The summed E-state index contributed by atoms with van der Waals surface area (Å²) in [6, 6.07) is 22.8. The van der Waals surface area contributed by atoms with Crippen LogP contribution in [-0.4, -0.2) is 34.8 Å². The predicted molar refractivity (Wildman–Crippen MR) is 113 cm³/mol. The molecular weight excluding hydrogens is 362 g/mol. The molecule has 3 aromatic rings. The first-order valence-corrected chi connectivity index (χ1v) is 9.77. The van der Waals surface area contributed by atoms with Gasteiger partial charge in [-0.25, -0.2) is 0 Å². The van der Waals surface area contributed by atoms with Crippen LogP contribution in [0.3, 0.4) is 0 Å². The third-order valence-electron chi connectivity index (χ3n) is 4.82. The zero-order valence-corrected chi connectivity index (χ0v) is 16.5. The number of hydrogen-bond acceptors (Lipinski definition) is 3. The molecule has 0 unspecified atom stereocenters. The molecule has 0 saturated heterocycles. The quantitative estimate of drug-likeness (QED) is 0.632. The third kappa shape index (κ3) is 5.51. The maximum Gasteiger partial charge on any atom is 0.311 e. The Morgan fingerprint density at radius 1 is 0.897 bits per heavy atom. The number of nitrogens with one attached hydrogen (secondary N) is 1. The minimum atomic E-state index is -0.598. The summed E-state index contributed by atoms with van der Waals surface area (Å²) in [7, 11) is 0. The molecule has 2 amide bonds. The topological polar surface area (TPSA) is 62.3 Å². The van der Waals surface area contributed by atoms with Gasteiger partial charge in [0.25, 0.3) is 0 Å². The monoisotopic (exact) mass is 387 g/mol. The van der Waals surface area contributed by atoms with E-state index in [4.69, 9.17) is 0 Å². The lowest BCUT2D eigenvalue weighted by Crippen LogP contribution is -2.45. The standard InChI is InChI=1S/C24H25N3O2/c1-2-27(18-15-19-13-16-25-17-14-19)24(29)23(28)26-22(20-9-5-3-6-10-20)21-11-7-4-8-12-21/h3-14,16-17,22H,2,15,18H2,1H3,(H,26,28). The van der Waals surface area contributed by atoms with Gasteiger partial charge in [-0.2, -0.15) is 0 Å². The van der Waals surface area contributed by atoms with E-state index >= 15 is 0 Å². The van der Waals surface area contributed by atoms with Gasteiger partial charge in [-0.1, -0.05) is 60.7 Å². The van der Waals surface area contributed by atoms with Gasteiger partial charge in [0.2, 0.25) is 0 Å². The number of nitrogens with zero attached hydrogens (tertiary/aromatic N) is 2. The zero-order valence-electron chi connectivity index (χ0n) is 16.5. The van der Waals surface area contributed by atoms with Gasteiger partial charge in [0, 0.05) is 25.5 Å². The zero-order chi connectivity index (χ0) is 20.5. The van der Waals surface area contributed by atoms with E-state index in [0.717, 1.165) is 16.7 Å². The molecule has 1 aromatic heterocycles. The average Bonchev–Trinajstić information content (AvgIpc) is 2.79. The second-order valence-electron chi connectivity index (χ2n) is 6.72. The van der Waals surface area contributed by atoms with Gasteiger partial charge in [-0.3, -0.25) is 14.6 Å². The number of rotatable bonds is 7. The summed E-state index contributed by atoms with van der Waals surface area (Å²) < 4.78 is 0. The molecule has 0 aliphatic rings. The Labute approximate surface area is 171 Å². The minimum absolute atomic E-state index is 0.382. The van der Waals surface area contributed by atoms with E-state index in [1.165, 1.54) is 0 Å². The molecule has 3 rings (SSSR count). The SMILES string of the molecule is CCN(CCc1ccncc1)C(=O)C(=O)NC(c1ccccc1)c1ccccc1. The van der Waals surface area contributed by atoms with E-state index in [1.54, 1.807) is 17.3 Å². The molecule has 0 aliphatic carbocycles. The smallest absolute Gasteiger partial charge is 0.311 e. The first-order valence-electron chi connectivity index (χ1n) is 9.77. The van der Waals surface area contributed by atoms with Crippen molar-refractivity contribution in [3.8, 4) is 0 Å². The number of likely N-dealkylation sites (N-methyl/N-ethyl adjacent to an activating group) is 1. The molecule has 0 bridgehead atoms. The Morgan fingerprint density at radius 2 is 1.45 bits per heavy atom. The van der Waals surface area contributed by atoms with Crippen molar-refractivity contribution in [1.29, 1.82) is 0 Å². The van der Waals surface area contributed by atoms with E-state index in [1.807, 2.05) is 79.7 Å². The predicted octanol–water partition coefficient (Wildman–Crippen LogP) is 3.38. The van der Waals surface area contributed by atoms with Gasteiger partial charge in [0.15, 0.2) is 0 Å². The Balaban J connectivity index is 1.71. The number of hydrogen-bond donors (Lipinski definition) is 1. The van der Waals surface area contributed by atoms with Crippen molar-refractivity contribution in [3.63, 3.8) is 0 Å². The summed E-state index contributed by atoms with van der Waals surface area (Å²) in [5.41, 5.74) is 2.94. The number of benzene rings is 2. The fourth-order valence-electron chi connectivity index (χ4n) is 3.20. The summed E-state index contributed by atoms with van der Waals surface area (Å²) in [5, 5.41) is 2.92. The summed E-state index contributed by atoms with van der Waals surface area (Å²) in [4.78, 5) is 31.2. The summed E-state index contributed by atoms with van der Waals surface area (Å²) in [6.07, 6.45) is 4.13. The van der Waals surface area contributed by atoms with Crippen LogP contribution in [0.2, 0.25) is 0 Å². The molecule has 5 nitrogen and oxygen atoms in total. The number of amides is 2. The minimum Gasteiger partial charge on any atom is -0.337 e. The van der Waals surface area contributed by atoms with Crippen LogP contribution < -0.4 is 5.32 Å². The maximum absolute atomic E-state index is 12.8. The van der Waals surface area contributed by atoms with Crippen LogP contribution in [0, 0.1) is 0 Å². The van der Waals surface area contributed by atoms with Crippen LogP contribution in [-0.2, 0) is 16.0 Å². The second kappa shape index (κ2) is 10.2. The van der Waals surface area contributed by atoms with Crippen molar-refractivity contribution in [2.45, 2.75) is 19.4 Å². The van der Waals surface area contributed by atoms with Crippen LogP contribution in [0.4, 0.5) is 0 Å². The van der Waals surface area contributed by atoms with Gasteiger partial charge >= 0.3 is 11.8 Å². The number of aromatic nitrogens is 1. The van der Waals surface area contributed by atoms with Crippen molar-refractivity contribution in [2.75, 3.05) is 13.1 Å².